The van der Waals surface area contributed by atoms with E-state index in [9.17, 15) is 0 Å². The summed E-state index contributed by atoms with van der Waals surface area (Å²) in [7, 11) is 1.91. The molecular weight excluding hydrogens is 224 g/mol. The van der Waals surface area contributed by atoms with Crippen LogP contribution in [0.3, 0.4) is 0 Å². The van der Waals surface area contributed by atoms with Crippen LogP contribution in [0.5, 0.6) is 11.6 Å². The summed E-state index contributed by atoms with van der Waals surface area (Å²) in [5.74, 6) is 1.50. The van der Waals surface area contributed by atoms with Crippen LogP contribution >= 0.6 is 0 Å². The van der Waals surface area contributed by atoms with Crippen molar-refractivity contribution in [1.82, 2.24) is 10.3 Å². The quantitative estimate of drug-likeness (QED) is 0.894. The number of rotatable bonds is 4. The number of aryl methyl sites for hydroxylation is 2. The van der Waals surface area contributed by atoms with Gasteiger partial charge in [0.05, 0.1) is 0 Å². The number of benzene rings is 1. The summed E-state index contributed by atoms with van der Waals surface area (Å²) in [6, 6.07) is 10.1. The Hall–Kier alpha value is -1.87. The fourth-order valence-electron chi connectivity index (χ4n) is 1.94. The van der Waals surface area contributed by atoms with Crippen LogP contribution in [0.15, 0.2) is 36.5 Å². The van der Waals surface area contributed by atoms with E-state index in [0.29, 0.717) is 5.88 Å². The van der Waals surface area contributed by atoms with Crippen molar-refractivity contribution in [1.29, 1.82) is 0 Å². The minimum absolute atomic E-state index is 0.664. The normalized spacial score (nSPS) is 10.4. The molecule has 0 saturated heterocycles. The number of pyridine rings is 1. The minimum atomic E-state index is 0.664. The highest BCUT2D eigenvalue weighted by atomic mass is 16.5. The molecule has 0 atom stereocenters. The van der Waals surface area contributed by atoms with Gasteiger partial charge in [-0.25, -0.2) is 4.98 Å². The largest absolute Gasteiger partial charge is 0.439 e. The van der Waals surface area contributed by atoms with E-state index in [2.05, 4.69) is 30.2 Å². The first-order valence-electron chi connectivity index (χ1n) is 6.03. The van der Waals surface area contributed by atoms with Gasteiger partial charge >= 0.3 is 0 Å². The Kier molecular flexibility index (Phi) is 3.95. The third kappa shape index (κ3) is 3.08. The standard InChI is InChI=1S/C15H18N2O/c1-11-7-12(2)9-14(8-11)18-15-13(10-16-3)5-4-6-17-15/h4-9,16H,10H2,1-3H3. The van der Waals surface area contributed by atoms with Crippen LogP contribution in [0.1, 0.15) is 16.7 Å². The van der Waals surface area contributed by atoms with Crippen molar-refractivity contribution in [3.63, 3.8) is 0 Å². The molecule has 94 valence electrons. The van der Waals surface area contributed by atoms with Crippen LogP contribution in [-0.2, 0) is 6.54 Å². The van der Waals surface area contributed by atoms with Crippen molar-refractivity contribution >= 4 is 0 Å². The molecule has 2 rings (SSSR count). The summed E-state index contributed by atoms with van der Waals surface area (Å²) in [6.07, 6.45) is 1.75. The lowest BCUT2D eigenvalue weighted by molar-refractivity contribution is 0.453. The first kappa shape index (κ1) is 12.6. The molecule has 0 saturated carbocycles. The van der Waals surface area contributed by atoms with Gasteiger partial charge in [-0.3, -0.25) is 0 Å². The summed E-state index contributed by atoms with van der Waals surface area (Å²) in [4.78, 5) is 4.29. The van der Waals surface area contributed by atoms with Crippen LogP contribution in [0, 0.1) is 13.8 Å². The molecule has 0 fully saturated rings. The van der Waals surface area contributed by atoms with Crippen molar-refractivity contribution in [3.05, 3.63) is 53.2 Å². The number of nitrogens with one attached hydrogen (secondary N) is 1. The van der Waals surface area contributed by atoms with E-state index in [-0.39, 0.29) is 0 Å². The highest BCUT2D eigenvalue weighted by Crippen LogP contribution is 2.24. The van der Waals surface area contributed by atoms with Crippen molar-refractivity contribution in [3.8, 4) is 11.6 Å². The Labute approximate surface area is 108 Å². The average molecular weight is 242 g/mol. The fourth-order valence-corrected chi connectivity index (χ4v) is 1.94. The Morgan fingerprint density at radius 2 is 1.89 bits per heavy atom. The smallest absolute Gasteiger partial charge is 0.223 e. The van der Waals surface area contributed by atoms with E-state index >= 15 is 0 Å². The predicted octanol–water partition coefficient (Wildman–Crippen LogP) is 3.21. The van der Waals surface area contributed by atoms with Crippen LogP contribution in [-0.4, -0.2) is 12.0 Å². The summed E-state index contributed by atoms with van der Waals surface area (Å²) < 4.78 is 5.87. The first-order valence-corrected chi connectivity index (χ1v) is 6.03. The second-order valence-corrected chi connectivity index (χ2v) is 4.42. The molecule has 3 nitrogen and oxygen atoms in total. The van der Waals surface area contributed by atoms with Crippen LogP contribution < -0.4 is 10.1 Å². The zero-order chi connectivity index (χ0) is 13.0. The lowest BCUT2D eigenvalue weighted by Gasteiger charge is -2.10. The monoisotopic (exact) mass is 242 g/mol. The molecule has 1 aromatic heterocycles. The first-order chi connectivity index (χ1) is 8.69. The molecule has 1 heterocycles. The van der Waals surface area contributed by atoms with Gasteiger partial charge in [-0.15, -0.1) is 0 Å². The van der Waals surface area contributed by atoms with Gasteiger partial charge in [0.25, 0.3) is 0 Å². The van der Waals surface area contributed by atoms with Crippen molar-refractivity contribution < 1.29 is 4.74 Å². The molecular formula is C15H18N2O. The van der Waals surface area contributed by atoms with Gasteiger partial charge < -0.3 is 10.1 Å². The molecule has 3 heteroatoms. The Balaban J connectivity index is 2.27. The summed E-state index contributed by atoms with van der Waals surface area (Å²) in [5.41, 5.74) is 3.44. The molecule has 0 bridgehead atoms. The lowest BCUT2D eigenvalue weighted by Crippen LogP contribution is -2.07. The third-order valence-corrected chi connectivity index (χ3v) is 2.63. The van der Waals surface area contributed by atoms with Gasteiger partial charge in [-0.1, -0.05) is 12.1 Å². The second-order valence-electron chi connectivity index (χ2n) is 4.42. The predicted molar refractivity (Wildman–Crippen MR) is 73.0 cm³/mol. The van der Waals surface area contributed by atoms with Gasteiger partial charge in [0.15, 0.2) is 0 Å². The maximum absolute atomic E-state index is 5.87. The maximum atomic E-state index is 5.87. The molecule has 18 heavy (non-hydrogen) atoms. The van der Waals surface area contributed by atoms with E-state index in [1.165, 1.54) is 11.1 Å². The van der Waals surface area contributed by atoms with Crippen molar-refractivity contribution in [2.75, 3.05) is 7.05 Å². The second kappa shape index (κ2) is 5.65. The SMILES string of the molecule is CNCc1cccnc1Oc1cc(C)cc(C)c1. The Bertz CT molecular complexity index is 518. The van der Waals surface area contributed by atoms with E-state index in [1.807, 2.05) is 31.3 Å². The zero-order valence-corrected chi connectivity index (χ0v) is 11.0. The van der Waals surface area contributed by atoms with Gasteiger partial charge in [0.2, 0.25) is 5.88 Å². The molecule has 0 aliphatic carbocycles. The van der Waals surface area contributed by atoms with Crippen LogP contribution in [0.4, 0.5) is 0 Å². The highest BCUT2D eigenvalue weighted by Gasteiger charge is 2.05. The van der Waals surface area contributed by atoms with Gasteiger partial charge in [-0.05, 0) is 50.2 Å². The number of aromatic nitrogens is 1. The van der Waals surface area contributed by atoms with E-state index in [1.54, 1.807) is 6.20 Å². The van der Waals surface area contributed by atoms with Gasteiger partial charge in [0.1, 0.15) is 5.75 Å². The Morgan fingerprint density at radius 3 is 2.56 bits per heavy atom. The molecule has 1 N–H and O–H groups in total. The zero-order valence-electron chi connectivity index (χ0n) is 11.0. The van der Waals surface area contributed by atoms with E-state index < -0.39 is 0 Å². The molecule has 0 spiro atoms. The minimum Gasteiger partial charge on any atom is -0.439 e. The molecule has 0 radical (unpaired) electrons. The molecule has 0 aliphatic heterocycles. The van der Waals surface area contributed by atoms with E-state index in [4.69, 9.17) is 4.74 Å². The van der Waals surface area contributed by atoms with Crippen molar-refractivity contribution in [2.45, 2.75) is 20.4 Å². The molecule has 0 amide bonds. The maximum Gasteiger partial charge on any atom is 0.223 e. The summed E-state index contributed by atoms with van der Waals surface area (Å²) >= 11 is 0. The molecule has 0 aliphatic rings. The summed E-state index contributed by atoms with van der Waals surface area (Å²) in [5, 5.41) is 3.11. The van der Waals surface area contributed by atoms with Crippen LogP contribution in [0.2, 0.25) is 0 Å². The van der Waals surface area contributed by atoms with Gasteiger partial charge in [-0.2, -0.15) is 0 Å². The number of hydrogen-bond donors (Lipinski definition) is 1. The molecule has 1 aromatic carbocycles. The van der Waals surface area contributed by atoms with Crippen molar-refractivity contribution in [2.24, 2.45) is 0 Å². The van der Waals surface area contributed by atoms with Gasteiger partial charge in [0, 0.05) is 18.3 Å². The van der Waals surface area contributed by atoms with Crippen LogP contribution in [0.25, 0.3) is 0 Å². The third-order valence-electron chi connectivity index (χ3n) is 2.63. The topological polar surface area (TPSA) is 34.2 Å². The fraction of sp³-hybridized carbons (Fsp3) is 0.267. The highest BCUT2D eigenvalue weighted by molar-refractivity contribution is 5.37. The summed E-state index contributed by atoms with van der Waals surface area (Å²) in [6.45, 7) is 4.87. The molecule has 2 aromatic rings. The van der Waals surface area contributed by atoms with E-state index in [0.717, 1.165) is 17.9 Å². The number of ether oxygens (including phenoxy) is 1. The number of nitrogens with zero attached hydrogens (tertiary/aromatic N) is 1. The molecule has 0 unspecified atom stereocenters. The lowest BCUT2D eigenvalue weighted by atomic mass is 10.1. The average Bonchev–Trinajstić information content (AvgIpc) is 2.30. The number of hydrogen-bond acceptors (Lipinski definition) is 3. The Morgan fingerprint density at radius 1 is 1.17 bits per heavy atom.